The van der Waals surface area contributed by atoms with E-state index in [1.165, 1.54) is 10.8 Å². The predicted octanol–water partition coefficient (Wildman–Crippen LogP) is 4.05. The summed E-state index contributed by atoms with van der Waals surface area (Å²) in [5.74, 6) is -0.0279. The summed E-state index contributed by atoms with van der Waals surface area (Å²) in [4.78, 5) is 15.3. The molecular formula is C24H27N3O. The Morgan fingerprint density at radius 1 is 1.11 bits per heavy atom. The molecule has 28 heavy (non-hydrogen) atoms. The van der Waals surface area contributed by atoms with Crippen molar-refractivity contribution in [3.63, 3.8) is 0 Å². The van der Waals surface area contributed by atoms with Crippen LogP contribution < -0.4 is 15.5 Å². The van der Waals surface area contributed by atoms with Gasteiger partial charge < -0.3 is 15.5 Å². The standard InChI is InChI=1S/C24H27N3O/c1-16-11-12-19(27(3)20-14-25-15-20)13-23(16)24(28)26-17(2)21-10-6-8-18-7-4-5-9-22(18)21/h4-13,17,20,25H,14-15H2,1-3H3,(H,26,28)/t17-/m1/s1. The number of rotatable bonds is 5. The Labute approximate surface area is 166 Å². The topological polar surface area (TPSA) is 44.4 Å². The molecule has 1 aliphatic rings. The van der Waals surface area contributed by atoms with E-state index >= 15 is 0 Å². The first-order valence-corrected chi connectivity index (χ1v) is 9.87. The van der Waals surface area contributed by atoms with Crippen LogP contribution in [0.3, 0.4) is 0 Å². The normalized spacial score (nSPS) is 15.1. The maximum Gasteiger partial charge on any atom is 0.252 e. The third kappa shape index (κ3) is 3.48. The molecule has 0 aromatic heterocycles. The third-order valence-corrected chi connectivity index (χ3v) is 5.82. The number of benzene rings is 3. The predicted molar refractivity (Wildman–Crippen MR) is 116 cm³/mol. The van der Waals surface area contributed by atoms with E-state index in [9.17, 15) is 4.79 Å². The monoisotopic (exact) mass is 373 g/mol. The van der Waals surface area contributed by atoms with E-state index in [1.54, 1.807) is 0 Å². The maximum absolute atomic E-state index is 13.1. The molecule has 144 valence electrons. The molecule has 3 aromatic carbocycles. The van der Waals surface area contributed by atoms with Gasteiger partial charge in [-0.05, 0) is 47.9 Å². The van der Waals surface area contributed by atoms with Crippen molar-refractivity contribution in [3.05, 3.63) is 77.4 Å². The SMILES string of the molecule is Cc1ccc(N(C)C2CNC2)cc1C(=O)N[C@H](C)c1cccc2ccccc12. The zero-order valence-electron chi connectivity index (χ0n) is 16.7. The van der Waals surface area contributed by atoms with Gasteiger partial charge in [0, 0.05) is 31.4 Å². The average Bonchev–Trinajstić information content (AvgIpc) is 2.66. The van der Waals surface area contributed by atoms with Crippen LogP contribution in [0.15, 0.2) is 60.7 Å². The molecule has 0 aliphatic carbocycles. The molecule has 0 saturated carbocycles. The van der Waals surface area contributed by atoms with Crippen LogP contribution in [0.4, 0.5) is 5.69 Å². The van der Waals surface area contributed by atoms with Crippen molar-refractivity contribution in [2.24, 2.45) is 0 Å². The Hall–Kier alpha value is -2.85. The quantitative estimate of drug-likeness (QED) is 0.709. The van der Waals surface area contributed by atoms with Crippen molar-refractivity contribution in [2.45, 2.75) is 25.9 Å². The Morgan fingerprint density at radius 3 is 2.61 bits per heavy atom. The lowest BCUT2D eigenvalue weighted by molar-refractivity contribution is 0.0939. The molecule has 4 rings (SSSR count). The van der Waals surface area contributed by atoms with Crippen LogP contribution in [0.25, 0.3) is 10.8 Å². The summed E-state index contributed by atoms with van der Waals surface area (Å²) >= 11 is 0. The molecule has 0 spiro atoms. The first kappa shape index (κ1) is 18.5. The van der Waals surface area contributed by atoms with Gasteiger partial charge >= 0.3 is 0 Å². The van der Waals surface area contributed by atoms with E-state index < -0.39 is 0 Å². The zero-order valence-corrected chi connectivity index (χ0v) is 16.7. The van der Waals surface area contributed by atoms with Gasteiger partial charge in [-0.2, -0.15) is 0 Å². The molecule has 2 N–H and O–H groups in total. The molecule has 4 nitrogen and oxygen atoms in total. The minimum Gasteiger partial charge on any atom is -0.369 e. The number of nitrogens with zero attached hydrogens (tertiary/aromatic N) is 1. The van der Waals surface area contributed by atoms with Crippen molar-refractivity contribution >= 4 is 22.4 Å². The molecule has 1 saturated heterocycles. The number of anilines is 1. The highest BCUT2D eigenvalue weighted by Crippen LogP contribution is 2.26. The van der Waals surface area contributed by atoms with Gasteiger partial charge in [-0.3, -0.25) is 4.79 Å². The molecule has 1 heterocycles. The average molecular weight is 374 g/mol. The number of carbonyl (C=O) groups is 1. The second kappa shape index (κ2) is 7.64. The molecule has 1 aliphatic heterocycles. The van der Waals surface area contributed by atoms with Crippen LogP contribution in [-0.4, -0.2) is 32.1 Å². The van der Waals surface area contributed by atoms with Crippen LogP contribution in [0.5, 0.6) is 0 Å². The van der Waals surface area contributed by atoms with Gasteiger partial charge in [-0.1, -0.05) is 48.5 Å². The van der Waals surface area contributed by atoms with Crippen molar-refractivity contribution in [1.82, 2.24) is 10.6 Å². The number of hydrogen-bond donors (Lipinski definition) is 2. The lowest BCUT2D eigenvalue weighted by Crippen LogP contribution is -2.56. The van der Waals surface area contributed by atoms with E-state index in [1.807, 2.05) is 44.2 Å². The Balaban J connectivity index is 1.57. The summed E-state index contributed by atoms with van der Waals surface area (Å²) in [6.45, 7) is 6.02. The number of amides is 1. The first-order valence-electron chi connectivity index (χ1n) is 9.87. The van der Waals surface area contributed by atoms with E-state index in [-0.39, 0.29) is 11.9 Å². The van der Waals surface area contributed by atoms with Gasteiger partial charge in [0.05, 0.1) is 12.1 Å². The number of nitrogens with one attached hydrogen (secondary N) is 2. The fourth-order valence-electron chi connectivity index (χ4n) is 3.81. The van der Waals surface area contributed by atoms with Crippen LogP contribution in [0.2, 0.25) is 0 Å². The van der Waals surface area contributed by atoms with Crippen LogP contribution in [0.1, 0.15) is 34.5 Å². The van der Waals surface area contributed by atoms with Gasteiger partial charge in [0.2, 0.25) is 0 Å². The third-order valence-electron chi connectivity index (χ3n) is 5.82. The summed E-state index contributed by atoms with van der Waals surface area (Å²) in [5.41, 5.74) is 3.95. The fourth-order valence-corrected chi connectivity index (χ4v) is 3.81. The van der Waals surface area contributed by atoms with Crippen LogP contribution >= 0.6 is 0 Å². The summed E-state index contributed by atoms with van der Waals surface area (Å²) in [6, 6.07) is 21.1. The molecule has 3 aromatic rings. The van der Waals surface area contributed by atoms with Crippen molar-refractivity contribution < 1.29 is 4.79 Å². The summed E-state index contributed by atoms with van der Waals surface area (Å²) in [6.07, 6.45) is 0. The van der Waals surface area contributed by atoms with E-state index in [0.29, 0.717) is 6.04 Å². The smallest absolute Gasteiger partial charge is 0.252 e. The van der Waals surface area contributed by atoms with Crippen molar-refractivity contribution in [1.29, 1.82) is 0 Å². The fraction of sp³-hybridized carbons (Fsp3) is 0.292. The number of aryl methyl sites for hydroxylation is 1. The van der Waals surface area contributed by atoms with Crippen LogP contribution in [-0.2, 0) is 0 Å². The van der Waals surface area contributed by atoms with E-state index in [0.717, 1.165) is 35.5 Å². The highest BCUT2D eigenvalue weighted by Gasteiger charge is 2.23. The highest BCUT2D eigenvalue weighted by atomic mass is 16.1. The number of carbonyl (C=O) groups excluding carboxylic acids is 1. The number of fused-ring (bicyclic) bond motifs is 1. The molecule has 0 bridgehead atoms. The number of likely N-dealkylation sites (N-methyl/N-ethyl adjacent to an activating group) is 1. The molecule has 1 atom stereocenters. The summed E-state index contributed by atoms with van der Waals surface area (Å²) in [5, 5.41) is 8.87. The lowest BCUT2D eigenvalue weighted by atomic mass is 9.99. The molecular weight excluding hydrogens is 346 g/mol. The second-order valence-electron chi connectivity index (χ2n) is 7.69. The minimum absolute atomic E-state index is 0.0279. The maximum atomic E-state index is 13.1. The summed E-state index contributed by atoms with van der Waals surface area (Å²) < 4.78 is 0. The molecule has 4 heteroatoms. The zero-order chi connectivity index (χ0) is 19.7. The molecule has 0 unspecified atom stereocenters. The first-order chi connectivity index (χ1) is 13.5. The van der Waals surface area contributed by atoms with Crippen molar-refractivity contribution in [3.8, 4) is 0 Å². The lowest BCUT2D eigenvalue weighted by Gasteiger charge is -2.37. The molecule has 1 fully saturated rings. The van der Waals surface area contributed by atoms with Crippen molar-refractivity contribution in [2.75, 3.05) is 25.0 Å². The molecule has 0 radical (unpaired) electrons. The minimum atomic E-state index is -0.0739. The van der Waals surface area contributed by atoms with E-state index in [4.69, 9.17) is 0 Å². The second-order valence-corrected chi connectivity index (χ2v) is 7.69. The van der Waals surface area contributed by atoms with Gasteiger partial charge in [0.15, 0.2) is 0 Å². The molecule has 1 amide bonds. The number of hydrogen-bond acceptors (Lipinski definition) is 3. The van der Waals surface area contributed by atoms with Gasteiger partial charge in [0.25, 0.3) is 5.91 Å². The van der Waals surface area contributed by atoms with Gasteiger partial charge in [-0.15, -0.1) is 0 Å². The largest absolute Gasteiger partial charge is 0.369 e. The van der Waals surface area contributed by atoms with Gasteiger partial charge in [0.1, 0.15) is 0 Å². The van der Waals surface area contributed by atoms with E-state index in [2.05, 4.69) is 52.9 Å². The highest BCUT2D eigenvalue weighted by molar-refractivity contribution is 5.97. The Kier molecular flexibility index (Phi) is 5.05. The summed E-state index contributed by atoms with van der Waals surface area (Å²) in [7, 11) is 2.09. The Morgan fingerprint density at radius 2 is 1.86 bits per heavy atom. The Bertz CT molecular complexity index is 1000. The van der Waals surface area contributed by atoms with Gasteiger partial charge in [-0.25, -0.2) is 0 Å². The van der Waals surface area contributed by atoms with Crippen LogP contribution in [0, 0.1) is 6.92 Å².